The highest BCUT2D eigenvalue weighted by molar-refractivity contribution is 5.99. The maximum Gasteiger partial charge on any atom is 0.251 e. The van der Waals surface area contributed by atoms with E-state index in [1.165, 1.54) is 11.3 Å². The highest BCUT2D eigenvalue weighted by Crippen LogP contribution is 2.47. The predicted molar refractivity (Wildman–Crippen MR) is 123 cm³/mol. The van der Waals surface area contributed by atoms with Gasteiger partial charge in [0.15, 0.2) is 0 Å². The predicted octanol–water partition coefficient (Wildman–Crippen LogP) is 3.33. The van der Waals surface area contributed by atoms with E-state index in [1.54, 1.807) is 7.05 Å². The first-order valence-electron chi connectivity index (χ1n) is 11.7. The molecule has 2 unspecified atom stereocenters. The van der Waals surface area contributed by atoms with Crippen molar-refractivity contribution in [2.45, 2.75) is 38.5 Å². The van der Waals surface area contributed by atoms with Crippen LogP contribution in [0.3, 0.4) is 0 Å². The lowest BCUT2D eigenvalue weighted by atomic mass is 9.68. The summed E-state index contributed by atoms with van der Waals surface area (Å²) in [4.78, 5) is 25.1. The number of rotatable bonds is 6. The number of aromatic nitrogens is 1. The number of alkyl halides is 1. The van der Waals surface area contributed by atoms with Crippen LogP contribution in [-0.4, -0.2) is 49.9 Å². The molecule has 0 saturated carbocycles. The van der Waals surface area contributed by atoms with E-state index in [2.05, 4.69) is 22.2 Å². The van der Waals surface area contributed by atoms with Crippen LogP contribution in [0.15, 0.2) is 18.2 Å². The molecule has 2 N–H and O–H groups in total. The molecule has 1 fully saturated rings. The molecule has 1 aromatic heterocycles. The number of carbonyl (C=O) groups is 2. The summed E-state index contributed by atoms with van der Waals surface area (Å²) < 4.78 is 20.5. The van der Waals surface area contributed by atoms with Gasteiger partial charge in [0.2, 0.25) is 5.91 Å². The number of amides is 2. The highest BCUT2D eigenvalue weighted by atomic mass is 19.1. The quantitative estimate of drug-likeness (QED) is 0.719. The number of hydrogen-bond donors (Lipinski definition) is 2. The second kappa shape index (κ2) is 9.61. The van der Waals surface area contributed by atoms with E-state index >= 15 is 0 Å². The molecule has 2 heterocycles. The minimum absolute atomic E-state index is 0.0482. The molecule has 2 amide bonds. The van der Waals surface area contributed by atoms with Crippen molar-refractivity contribution in [1.29, 1.82) is 0 Å². The fourth-order valence-corrected chi connectivity index (χ4v) is 5.80. The Kier molecular flexibility index (Phi) is 6.84. The minimum atomic E-state index is -0.560. The fraction of sp³-hybridized carbons (Fsp3) is 0.600. The van der Waals surface area contributed by atoms with Gasteiger partial charge in [0.1, 0.15) is 6.67 Å². The van der Waals surface area contributed by atoms with Gasteiger partial charge in [-0.15, -0.1) is 0 Å². The summed E-state index contributed by atoms with van der Waals surface area (Å²) in [5, 5.41) is 6.55. The standard InChI is InChI=1S/C25H34FN3O3/c1-15(24(30)28-9-8-26)19-13-18(16-6-10-32-11-7-16)14-21-20-12-17(25(31)27-2)4-5-22(20)29(3)23(19)21/h4-5,12,15-16,18-19H,6-11,13-14H2,1-3H3,(H,27,31)(H,28,30)/t15-,18?,19?/m0/s1. The van der Waals surface area contributed by atoms with Crippen molar-refractivity contribution in [3.63, 3.8) is 0 Å². The van der Waals surface area contributed by atoms with Crippen LogP contribution in [0.1, 0.15) is 53.7 Å². The van der Waals surface area contributed by atoms with E-state index in [4.69, 9.17) is 4.74 Å². The van der Waals surface area contributed by atoms with Gasteiger partial charge in [-0.1, -0.05) is 6.92 Å². The Hall–Kier alpha value is -2.41. The number of carbonyl (C=O) groups excluding carboxylic acids is 2. The Morgan fingerprint density at radius 3 is 2.69 bits per heavy atom. The van der Waals surface area contributed by atoms with Crippen LogP contribution in [-0.2, 0) is 23.0 Å². The normalized spacial score (nSPS) is 22.4. The first-order valence-corrected chi connectivity index (χ1v) is 11.7. The third kappa shape index (κ3) is 4.15. The maximum atomic E-state index is 12.8. The molecule has 3 atom stereocenters. The van der Waals surface area contributed by atoms with E-state index in [0.717, 1.165) is 49.8 Å². The number of benzene rings is 1. The Balaban J connectivity index is 1.79. The summed E-state index contributed by atoms with van der Waals surface area (Å²) in [6, 6.07) is 5.85. The molecule has 174 valence electrons. The average molecular weight is 444 g/mol. The number of nitrogens with zero attached hydrogens (tertiary/aromatic N) is 1. The third-order valence-corrected chi connectivity index (χ3v) is 7.56. The van der Waals surface area contributed by atoms with Crippen molar-refractivity contribution in [3.8, 4) is 0 Å². The summed E-state index contributed by atoms with van der Waals surface area (Å²) in [5.74, 6) is 0.621. The van der Waals surface area contributed by atoms with Crippen molar-refractivity contribution in [1.82, 2.24) is 15.2 Å². The smallest absolute Gasteiger partial charge is 0.251 e. The van der Waals surface area contributed by atoms with Crippen molar-refractivity contribution in [2.75, 3.05) is 33.5 Å². The summed E-state index contributed by atoms with van der Waals surface area (Å²) >= 11 is 0. The number of fused-ring (bicyclic) bond motifs is 3. The van der Waals surface area contributed by atoms with Gasteiger partial charge in [-0.2, -0.15) is 0 Å². The van der Waals surface area contributed by atoms with Crippen LogP contribution in [0, 0.1) is 17.8 Å². The molecule has 0 radical (unpaired) electrons. The lowest BCUT2D eigenvalue weighted by Gasteiger charge is -2.39. The van der Waals surface area contributed by atoms with Crippen LogP contribution in [0.4, 0.5) is 4.39 Å². The van der Waals surface area contributed by atoms with Crippen molar-refractivity contribution in [3.05, 3.63) is 35.0 Å². The van der Waals surface area contributed by atoms with Crippen LogP contribution >= 0.6 is 0 Å². The summed E-state index contributed by atoms with van der Waals surface area (Å²) in [5.41, 5.74) is 4.16. The zero-order chi connectivity index (χ0) is 22.8. The molecule has 2 aromatic rings. The number of ether oxygens (including phenoxy) is 1. The Bertz CT molecular complexity index is 996. The van der Waals surface area contributed by atoms with Gasteiger partial charge in [-0.25, -0.2) is 4.39 Å². The molecular formula is C25H34FN3O3. The topological polar surface area (TPSA) is 72.4 Å². The van der Waals surface area contributed by atoms with Crippen LogP contribution in [0.5, 0.6) is 0 Å². The van der Waals surface area contributed by atoms with E-state index in [-0.39, 0.29) is 30.2 Å². The van der Waals surface area contributed by atoms with E-state index in [0.29, 0.717) is 17.4 Å². The van der Waals surface area contributed by atoms with Gasteiger partial charge in [-0.3, -0.25) is 9.59 Å². The summed E-state index contributed by atoms with van der Waals surface area (Å²) in [6.45, 7) is 3.04. The van der Waals surface area contributed by atoms with Gasteiger partial charge in [-0.05, 0) is 61.3 Å². The molecule has 1 aromatic carbocycles. The molecule has 1 saturated heterocycles. The van der Waals surface area contributed by atoms with Crippen LogP contribution in [0.2, 0.25) is 0 Å². The first kappa shape index (κ1) is 22.8. The maximum absolute atomic E-state index is 12.8. The molecule has 1 aliphatic carbocycles. The van der Waals surface area contributed by atoms with Crippen LogP contribution < -0.4 is 10.6 Å². The molecule has 1 aliphatic heterocycles. The van der Waals surface area contributed by atoms with Crippen molar-refractivity contribution < 1.29 is 18.7 Å². The Labute approximate surface area is 188 Å². The number of hydrogen-bond acceptors (Lipinski definition) is 3. The zero-order valence-corrected chi connectivity index (χ0v) is 19.2. The van der Waals surface area contributed by atoms with Gasteiger partial charge in [0.05, 0.1) is 0 Å². The first-order chi connectivity index (χ1) is 15.5. The average Bonchev–Trinajstić information content (AvgIpc) is 3.12. The van der Waals surface area contributed by atoms with E-state index in [9.17, 15) is 14.0 Å². The monoisotopic (exact) mass is 443 g/mol. The summed E-state index contributed by atoms with van der Waals surface area (Å²) in [6.07, 6.45) is 3.98. The van der Waals surface area contributed by atoms with Crippen molar-refractivity contribution in [2.24, 2.45) is 24.8 Å². The zero-order valence-electron chi connectivity index (χ0n) is 19.2. The van der Waals surface area contributed by atoms with E-state index in [1.807, 2.05) is 25.1 Å². The molecule has 2 aliphatic rings. The van der Waals surface area contributed by atoms with Gasteiger partial charge in [0, 0.05) is 67.8 Å². The lowest BCUT2D eigenvalue weighted by Crippen LogP contribution is -2.38. The SMILES string of the molecule is CNC(=O)c1ccc2c(c1)c1c(n2C)C([C@H](C)C(=O)NCCF)CC(C2CCOCC2)C1. The Morgan fingerprint density at radius 1 is 1.25 bits per heavy atom. The fourth-order valence-electron chi connectivity index (χ4n) is 5.80. The highest BCUT2D eigenvalue weighted by Gasteiger charge is 2.39. The summed E-state index contributed by atoms with van der Waals surface area (Å²) in [7, 11) is 3.69. The Morgan fingerprint density at radius 2 is 2.00 bits per heavy atom. The van der Waals surface area contributed by atoms with Gasteiger partial charge >= 0.3 is 0 Å². The van der Waals surface area contributed by atoms with Crippen molar-refractivity contribution >= 4 is 22.7 Å². The second-order valence-electron chi connectivity index (χ2n) is 9.26. The molecular weight excluding hydrogens is 409 g/mol. The van der Waals surface area contributed by atoms with Crippen LogP contribution in [0.25, 0.3) is 10.9 Å². The minimum Gasteiger partial charge on any atom is -0.381 e. The molecule has 6 nitrogen and oxygen atoms in total. The van der Waals surface area contributed by atoms with Gasteiger partial charge < -0.3 is 19.9 Å². The largest absolute Gasteiger partial charge is 0.381 e. The molecule has 32 heavy (non-hydrogen) atoms. The second-order valence-corrected chi connectivity index (χ2v) is 9.26. The number of halogens is 1. The molecule has 0 bridgehead atoms. The molecule has 7 heteroatoms. The third-order valence-electron chi connectivity index (χ3n) is 7.56. The molecule has 0 spiro atoms. The van der Waals surface area contributed by atoms with E-state index < -0.39 is 6.67 Å². The number of nitrogens with one attached hydrogen (secondary N) is 2. The lowest BCUT2D eigenvalue weighted by molar-refractivity contribution is -0.125. The number of aryl methyl sites for hydroxylation is 1. The molecule has 4 rings (SSSR count). The van der Waals surface area contributed by atoms with Gasteiger partial charge in [0.25, 0.3) is 5.91 Å².